The zero-order valence-corrected chi connectivity index (χ0v) is 14.3. The molecular weight excluding hydrogens is 302 g/mol. The molecular formula is C19H25N3O2. The van der Waals surface area contributed by atoms with Crippen LogP contribution in [0.3, 0.4) is 0 Å². The van der Waals surface area contributed by atoms with Crippen LogP contribution in [0.2, 0.25) is 0 Å². The Kier molecular flexibility index (Phi) is 4.29. The van der Waals surface area contributed by atoms with Gasteiger partial charge in [0.2, 0.25) is 0 Å². The molecule has 1 N–H and O–H groups in total. The molecule has 0 saturated carbocycles. The van der Waals surface area contributed by atoms with E-state index in [9.17, 15) is 0 Å². The van der Waals surface area contributed by atoms with Gasteiger partial charge >= 0.3 is 0 Å². The summed E-state index contributed by atoms with van der Waals surface area (Å²) in [6.07, 6.45) is 8.22. The predicted molar refractivity (Wildman–Crippen MR) is 92.2 cm³/mol. The molecule has 2 fully saturated rings. The van der Waals surface area contributed by atoms with Gasteiger partial charge in [-0.15, -0.1) is 0 Å². The molecule has 128 valence electrons. The summed E-state index contributed by atoms with van der Waals surface area (Å²) in [5.41, 5.74) is 2.43. The van der Waals surface area contributed by atoms with Gasteiger partial charge in [-0.25, -0.2) is 0 Å². The van der Waals surface area contributed by atoms with E-state index in [0.29, 0.717) is 30.8 Å². The summed E-state index contributed by atoms with van der Waals surface area (Å²) in [4.78, 5) is 0. The van der Waals surface area contributed by atoms with Crippen molar-refractivity contribution < 1.29 is 9.47 Å². The number of rotatable bonds is 6. The molecule has 24 heavy (non-hydrogen) atoms. The number of aromatic nitrogens is 2. The first-order valence-electron chi connectivity index (χ1n) is 8.78. The maximum absolute atomic E-state index is 5.96. The molecule has 0 spiro atoms. The smallest absolute Gasteiger partial charge is 0.123 e. The molecule has 1 aromatic carbocycles. The van der Waals surface area contributed by atoms with Crippen molar-refractivity contribution >= 4 is 0 Å². The van der Waals surface area contributed by atoms with E-state index in [-0.39, 0.29) is 0 Å². The fourth-order valence-corrected chi connectivity index (χ4v) is 3.99. The summed E-state index contributed by atoms with van der Waals surface area (Å²) >= 11 is 0. The second-order valence-electron chi connectivity index (χ2n) is 6.88. The summed E-state index contributed by atoms with van der Waals surface area (Å²) in [6, 6.07) is 9.15. The number of nitrogens with one attached hydrogen (secondary N) is 1. The molecule has 0 amide bonds. The van der Waals surface area contributed by atoms with Gasteiger partial charge in [0.05, 0.1) is 25.9 Å². The van der Waals surface area contributed by atoms with Crippen LogP contribution in [0, 0.1) is 0 Å². The highest BCUT2D eigenvalue weighted by Crippen LogP contribution is 2.35. The Morgan fingerprint density at radius 3 is 3.00 bits per heavy atom. The molecule has 0 radical (unpaired) electrons. The number of methoxy groups -OCH3 is 1. The van der Waals surface area contributed by atoms with Gasteiger partial charge in [0, 0.05) is 30.0 Å². The second-order valence-corrected chi connectivity index (χ2v) is 6.88. The molecule has 2 aliphatic heterocycles. The number of fused-ring (bicyclic) bond motifs is 2. The van der Waals surface area contributed by atoms with Crippen molar-refractivity contribution in [3.63, 3.8) is 0 Å². The molecule has 4 rings (SSSR count). The third-order valence-corrected chi connectivity index (χ3v) is 5.27. The standard InChI is InChI=1S/C19H25N3O2/c1-13(21-17-11-16-5-7-19(17)24-16)14-4-6-18(23-2)15(10-14)12-22-9-3-8-20-22/h3-4,6,8-10,13,16-17,19,21H,5,7,11-12H2,1-2H3. The third kappa shape index (κ3) is 3.06. The molecule has 0 aliphatic carbocycles. The van der Waals surface area contributed by atoms with Crippen LogP contribution in [-0.4, -0.2) is 35.1 Å². The normalized spacial score (nSPS) is 26.7. The fourth-order valence-electron chi connectivity index (χ4n) is 3.99. The number of ether oxygens (including phenoxy) is 2. The van der Waals surface area contributed by atoms with Gasteiger partial charge in [-0.1, -0.05) is 6.07 Å². The quantitative estimate of drug-likeness (QED) is 0.886. The van der Waals surface area contributed by atoms with Crippen molar-refractivity contribution in [1.29, 1.82) is 0 Å². The zero-order valence-electron chi connectivity index (χ0n) is 14.3. The Morgan fingerprint density at radius 1 is 1.42 bits per heavy atom. The first kappa shape index (κ1) is 15.7. The second kappa shape index (κ2) is 6.57. The fraction of sp³-hybridized carbons (Fsp3) is 0.526. The number of benzene rings is 1. The van der Waals surface area contributed by atoms with E-state index in [1.54, 1.807) is 13.3 Å². The van der Waals surface area contributed by atoms with Gasteiger partial charge in [0.15, 0.2) is 0 Å². The molecule has 4 atom stereocenters. The highest BCUT2D eigenvalue weighted by atomic mass is 16.5. The summed E-state index contributed by atoms with van der Waals surface area (Å²) in [5.74, 6) is 0.907. The van der Waals surface area contributed by atoms with Gasteiger partial charge in [-0.05, 0) is 49.9 Å². The van der Waals surface area contributed by atoms with Gasteiger partial charge in [-0.2, -0.15) is 5.10 Å². The van der Waals surface area contributed by atoms with E-state index in [1.165, 1.54) is 18.4 Å². The lowest BCUT2D eigenvalue weighted by molar-refractivity contribution is 0.0962. The summed E-state index contributed by atoms with van der Waals surface area (Å²) in [7, 11) is 1.72. The van der Waals surface area contributed by atoms with Crippen molar-refractivity contribution in [3.05, 3.63) is 47.8 Å². The zero-order chi connectivity index (χ0) is 16.5. The van der Waals surface area contributed by atoms with Crippen molar-refractivity contribution in [2.75, 3.05) is 7.11 Å². The maximum atomic E-state index is 5.96. The Balaban J connectivity index is 1.49. The Morgan fingerprint density at radius 2 is 2.33 bits per heavy atom. The van der Waals surface area contributed by atoms with Gasteiger partial charge in [-0.3, -0.25) is 4.68 Å². The Hall–Kier alpha value is -1.85. The lowest BCUT2D eigenvalue weighted by atomic mass is 9.94. The third-order valence-electron chi connectivity index (χ3n) is 5.27. The predicted octanol–water partition coefficient (Wildman–Crippen LogP) is 2.91. The molecule has 2 aromatic rings. The van der Waals surface area contributed by atoms with E-state index >= 15 is 0 Å². The van der Waals surface area contributed by atoms with Crippen LogP contribution in [0.5, 0.6) is 5.75 Å². The maximum Gasteiger partial charge on any atom is 0.123 e. The highest BCUT2D eigenvalue weighted by molar-refractivity contribution is 5.38. The number of hydrogen-bond acceptors (Lipinski definition) is 4. The first-order valence-corrected chi connectivity index (χ1v) is 8.78. The van der Waals surface area contributed by atoms with Gasteiger partial charge < -0.3 is 14.8 Å². The summed E-state index contributed by atoms with van der Waals surface area (Å²) < 4.78 is 13.4. The minimum atomic E-state index is 0.292. The molecule has 4 unspecified atom stereocenters. The van der Waals surface area contributed by atoms with Gasteiger partial charge in [0.1, 0.15) is 5.75 Å². The van der Waals surface area contributed by atoms with E-state index in [2.05, 4.69) is 35.5 Å². The van der Waals surface area contributed by atoms with Crippen LogP contribution < -0.4 is 10.1 Å². The molecule has 2 bridgehead atoms. The first-order chi connectivity index (χ1) is 11.7. The van der Waals surface area contributed by atoms with E-state index in [4.69, 9.17) is 9.47 Å². The van der Waals surface area contributed by atoms with Gasteiger partial charge in [0.25, 0.3) is 0 Å². The monoisotopic (exact) mass is 327 g/mol. The number of nitrogens with zero attached hydrogens (tertiary/aromatic N) is 2. The van der Waals surface area contributed by atoms with Crippen LogP contribution in [0.1, 0.15) is 43.4 Å². The van der Waals surface area contributed by atoms with Crippen molar-refractivity contribution in [1.82, 2.24) is 15.1 Å². The number of hydrogen-bond donors (Lipinski definition) is 1. The Bertz CT molecular complexity index is 686. The van der Waals surface area contributed by atoms with Crippen LogP contribution in [0.25, 0.3) is 0 Å². The van der Waals surface area contributed by atoms with Crippen LogP contribution >= 0.6 is 0 Å². The minimum Gasteiger partial charge on any atom is -0.496 e. The average molecular weight is 327 g/mol. The molecule has 3 heterocycles. The SMILES string of the molecule is COc1ccc(C(C)NC2CC3CCC2O3)cc1Cn1cccn1. The van der Waals surface area contributed by atoms with E-state index in [1.807, 2.05) is 16.9 Å². The van der Waals surface area contributed by atoms with Crippen LogP contribution in [0.15, 0.2) is 36.7 Å². The molecule has 2 aliphatic rings. The highest BCUT2D eigenvalue weighted by Gasteiger charge is 2.41. The minimum absolute atomic E-state index is 0.292. The molecule has 5 nitrogen and oxygen atoms in total. The molecule has 2 saturated heterocycles. The van der Waals surface area contributed by atoms with Crippen molar-refractivity contribution in [3.8, 4) is 5.75 Å². The van der Waals surface area contributed by atoms with Crippen LogP contribution in [0.4, 0.5) is 0 Å². The van der Waals surface area contributed by atoms with E-state index < -0.39 is 0 Å². The molecule has 1 aromatic heterocycles. The largest absolute Gasteiger partial charge is 0.496 e. The Labute approximate surface area is 143 Å². The summed E-state index contributed by atoms with van der Waals surface area (Å²) in [5, 5.41) is 8.06. The van der Waals surface area contributed by atoms with E-state index in [0.717, 1.165) is 17.7 Å². The van der Waals surface area contributed by atoms with Crippen LogP contribution in [-0.2, 0) is 11.3 Å². The lowest BCUT2D eigenvalue weighted by Gasteiger charge is -2.25. The van der Waals surface area contributed by atoms with Crippen molar-refractivity contribution in [2.45, 2.75) is 57.0 Å². The summed E-state index contributed by atoms with van der Waals surface area (Å²) in [6.45, 7) is 2.94. The average Bonchev–Trinajstić information content (AvgIpc) is 3.33. The lowest BCUT2D eigenvalue weighted by Crippen LogP contribution is -2.39. The topological polar surface area (TPSA) is 48.3 Å². The molecule has 5 heteroatoms. The van der Waals surface area contributed by atoms with Crippen molar-refractivity contribution in [2.24, 2.45) is 0 Å².